The van der Waals surface area contributed by atoms with Crippen LogP contribution in [-0.2, 0) is 12.6 Å². The number of methoxy groups -OCH3 is 2. The molecular formula is C22H25F3N4O5. The van der Waals surface area contributed by atoms with Gasteiger partial charge in [0.1, 0.15) is 17.2 Å². The third kappa shape index (κ3) is 5.80. The molecule has 2 aromatic rings. The number of urea groups is 1. The maximum absolute atomic E-state index is 12.9. The number of anilines is 1. The minimum absolute atomic E-state index is 0.102. The number of nitro benzene ring substituents is 1. The average molecular weight is 482 g/mol. The van der Waals surface area contributed by atoms with Crippen LogP contribution in [0.1, 0.15) is 11.1 Å². The van der Waals surface area contributed by atoms with E-state index >= 15 is 0 Å². The zero-order valence-electron chi connectivity index (χ0n) is 18.7. The van der Waals surface area contributed by atoms with Crippen LogP contribution in [0.15, 0.2) is 36.4 Å². The van der Waals surface area contributed by atoms with Gasteiger partial charge in [0.2, 0.25) is 0 Å². The van der Waals surface area contributed by atoms with E-state index in [4.69, 9.17) is 9.47 Å². The number of nitro groups is 1. The Hall–Kier alpha value is -3.70. The van der Waals surface area contributed by atoms with E-state index in [1.54, 1.807) is 36.2 Å². The summed E-state index contributed by atoms with van der Waals surface area (Å²) in [6.07, 6.45) is -4.13. The largest absolute Gasteiger partial charge is 0.497 e. The van der Waals surface area contributed by atoms with Crippen LogP contribution in [0.3, 0.4) is 0 Å². The van der Waals surface area contributed by atoms with Gasteiger partial charge in [-0.1, -0.05) is 6.07 Å². The lowest BCUT2D eigenvalue weighted by Crippen LogP contribution is -2.52. The van der Waals surface area contributed by atoms with Crippen molar-refractivity contribution < 1.29 is 32.4 Å². The second-order valence-electron chi connectivity index (χ2n) is 7.59. The number of benzene rings is 2. The monoisotopic (exact) mass is 482 g/mol. The average Bonchev–Trinajstić information content (AvgIpc) is 2.83. The van der Waals surface area contributed by atoms with Crippen LogP contribution >= 0.6 is 0 Å². The third-order valence-electron chi connectivity index (χ3n) is 5.57. The molecule has 1 aliphatic heterocycles. The molecule has 1 saturated heterocycles. The molecule has 0 atom stereocenters. The van der Waals surface area contributed by atoms with Gasteiger partial charge in [-0.25, -0.2) is 4.79 Å². The summed E-state index contributed by atoms with van der Waals surface area (Å²) in [6, 6.07) is 7.62. The maximum atomic E-state index is 12.9. The SMILES string of the molecule is COc1ccc(CCNC(=O)N2CCN(c3ccc(C(F)(F)F)cc3[N+](=O)[O-])CC2)c(OC)c1. The molecule has 2 aromatic carbocycles. The number of ether oxygens (including phenoxy) is 2. The summed E-state index contributed by atoms with van der Waals surface area (Å²) in [5, 5.41) is 14.2. The first-order valence-corrected chi connectivity index (χ1v) is 10.5. The quantitative estimate of drug-likeness (QED) is 0.478. The Kier molecular flexibility index (Phi) is 7.69. The Morgan fingerprint density at radius 1 is 1.09 bits per heavy atom. The van der Waals surface area contributed by atoms with Gasteiger partial charge in [0.05, 0.1) is 24.7 Å². The second-order valence-corrected chi connectivity index (χ2v) is 7.59. The molecule has 0 aromatic heterocycles. The fraction of sp³-hybridized carbons (Fsp3) is 0.409. The summed E-state index contributed by atoms with van der Waals surface area (Å²) in [4.78, 5) is 26.2. The number of hydrogen-bond donors (Lipinski definition) is 1. The van der Waals surface area contributed by atoms with Gasteiger partial charge in [0.15, 0.2) is 0 Å². The molecule has 1 heterocycles. The van der Waals surface area contributed by atoms with Gasteiger partial charge < -0.3 is 24.6 Å². The van der Waals surface area contributed by atoms with Crippen LogP contribution in [0.5, 0.6) is 11.5 Å². The molecule has 2 amide bonds. The molecule has 0 spiro atoms. The summed E-state index contributed by atoms with van der Waals surface area (Å²) in [7, 11) is 3.11. The van der Waals surface area contributed by atoms with Gasteiger partial charge in [-0.05, 0) is 30.2 Å². The lowest BCUT2D eigenvalue weighted by molar-refractivity contribution is -0.384. The molecule has 0 aliphatic carbocycles. The van der Waals surface area contributed by atoms with Crippen molar-refractivity contribution >= 4 is 17.4 Å². The number of alkyl halides is 3. The molecule has 1 N–H and O–H groups in total. The minimum atomic E-state index is -4.67. The Labute approximate surface area is 194 Å². The van der Waals surface area contributed by atoms with Crippen LogP contribution < -0.4 is 19.7 Å². The standard InChI is InChI=1S/C22H25F3N4O5/c1-33-17-5-3-15(20(14-17)34-2)7-8-26-21(30)28-11-9-27(10-12-28)18-6-4-16(22(23,24)25)13-19(18)29(31)32/h3-6,13-14H,7-12H2,1-2H3,(H,26,30). The van der Waals surface area contributed by atoms with E-state index in [-0.39, 0.29) is 37.9 Å². The number of piperazine rings is 1. The van der Waals surface area contributed by atoms with Crippen molar-refractivity contribution in [1.29, 1.82) is 0 Å². The number of amides is 2. The van der Waals surface area contributed by atoms with Crippen LogP contribution in [-0.4, -0.2) is 62.8 Å². The molecular weight excluding hydrogens is 457 g/mol. The van der Waals surface area contributed by atoms with Crippen LogP contribution in [0.25, 0.3) is 0 Å². The highest BCUT2D eigenvalue weighted by atomic mass is 19.4. The first kappa shape index (κ1) is 24.9. The van der Waals surface area contributed by atoms with E-state index in [2.05, 4.69) is 5.32 Å². The predicted octanol–water partition coefficient (Wildman–Crippen LogP) is 3.71. The summed E-state index contributed by atoms with van der Waals surface area (Å²) < 4.78 is 49.3. The number of nitrogens with one attached hydrogen (secondary N) is 1. The maximum Gasteiger partial charge on any atom is 0.416 e. The molecule has 184 valence electrons. The zero-order chi connectivity index (χ0) is 24.9. The van der Waals surface area contributed by atoms with Crippen molar-refractivity contribution in [2.45, 2.75) is 12.6 Å². The van der Waals surface area contributed by atoms with E-state index in [0.29, 0.717) is 30.5 Å². The van der Waals surface area contributed by atoms with Crippen molar-refractivity contribution in [3.05, 3.63) is 57.6 Å². The number of rotatable bonds is 7. The Balaban J connectivity index is 1.56. The number of carbonyl (C=O) groups is 1. The molecule has 3 rings (SSSR count). The second kappa shape index (κ2) is 10.5. The lowest BCUT2D eigenvalue weighted by atomic mass is 10.1. The Morgan fingerprint density at radius 3 is 2.38 bits per heavy atom. The van der Waals surface area contributed by atoms with Crippen LogP contribution in [0, 0.1) is 10.1 Å². The fourth-order valence-electron chi connectivity index (χ4n) is 3.74. The number of hydrogen-bond acceptors (Lipinski definition) is 6. The van der Waals surface area contributed by atoms with Gasteiger partial charge >= 0.3 is 12.2 Å². The molecule has 0 radical (unpaired) electrons. The minimum Gasteiger partial charge on any atom is -0.497 e. The molecule has 12 heteroatoms. The first-order chi connectivity index (χ1) is 16.1. The van der Waals surface area contributed by atoms with E-state index in [9.17, 15) is 28.1 Å². The first-order valence-electron chi connectivity index (χ1n) is 10.5. The van der Waals surface area contributed by atoms with E-state index in [1.807, 2.05) is 6.07 Å². The van der Waals surface area contributed by atoms with E-state index < -0.39 is 22.4 Å². The molecule has 1 aliphatic rings. The van der Waals surface area contributed by atoms with Crippen molar-refractivity contribution in [2.24, 2.45) is 0 Å². The summed E-state index contributed by atoms with van der Waals surface area (Å²) in [6.45, 7) is 1.43. The zero-order valence-corrected chi connectivity index (χ0v) is 18.7. The molecule has 1 fully saturated rings. The Bertz CT molecular complexity index is 1040. The van der Waals surface area contributed by atoms with Gasteiger partial charge in [-0.15, -0.1) is 0 Å². The molecule has 34 heavy (non-hydrogen) atoms. The van der Waals surface area contributed by atoms with Crippen molar-refractivity contribution in [3.63, 3.8) is 0 Å². The van der Waals surface area contributed by atoms with Gasteiger partial charge in [0.25, 0.3) is 5.69 Å². The number of halogens is 3. The van der Waals surface area contributed by atoms with E-state index in [0.717, 1.165) is 17.7 Å². The normalized spacial score (nSPS) is 14.0. The van der Waals surface area contributed by atoms with Crippen molar-refractivity contribution in [2.75, 3.05) is 51.8 Å². The third-order valence-corrected chi connectivity index (χ3v) is 5.57. The fourth-order valence-corrected chi connectivity index (χ4v) is 3.74. The summed E-state index contributed by atoms with van der Waals surface area (Å²) in [5.74, 6) is 1.32. The number of carbonyl (C=O) groups excluding carboxylic acids is 1. The highest BCUT2D eigenvalue weighted by molar-refractivity contribution is 5.75. The van der Waals surface area contributed by atoms with Gasteiger partial charge in [-0.2, -0.15) is 13.2 Å². The van der Waals surface area contributed by atoms with Crippen molar-refractivity contribution in [3.8, 4) is 11.5 Å². The molecule has 9 nitrogen and oxygen atoms in total. The molecule has 0 saturated carbocycles. The van der Waals surface area contributed by atoms with Crippen molar-refractivity contribution in [1.82, 2.24) is 10.2 Å². The smallest absolute Gasteiger partial charge is 0.416 e. The number of nitrogens with zero attached hydrogens (tertiary/aromatic N) is 3. The van der Waals surface area contributed by atoms with Gasteiger partial charge in [-0.3, -0.25) is 10.1 Å². The Morgan fingerprint density at radius 2 is 1.79 bits per heavy atom. The van der Waals surface area contributed by atoms with Crippen LogP contribution in [0.2, 0.25) is 0 Å². The molecule has 0 unspecified atom stereocenters. The highest BCUT2D eigenvalue weighted by Crippen LogP contribution is 2.36. The lowest BCUT2D eigenvalue weighted by Gasteiger charge is -2.35. The van der Waals surface area contributed by atoms with Gasteiger partial charge in [0, 0.05) is 44.9 Å². The highest BCUT2D eigenvalue weighted by Gasteiger charge is 2.34. The summed E-state index contributed by atoms with van der Waals surface area (Å²) >= 11 is 0. The molecule has 0 bridgehead atoms. The van der Waals surface area contributed by atoms with Crippen LogP contribution in [0.4, 0.5) is 29.3 Å². The summed E-state index contributed by atoms with van der Waals surface area (Å²) in [5.41, 5.74) is -0.677. The predicted molar refractivity (Wildman–Crippen MR) is 119 cm³/mol. The topological polar surface area (TPSA) is 97.2 Å². The van der Waals surface area contributed by atoms with E-state index in [1.165, 1.54) is 0 Å².